The summed E-state index contributed by atoms with van der Waals surface area (Å²) < 4.78 is 37.8. The minimum atomic E-state index is -4.20. The van der Waals surface area contributed by atoms with Crippen LogP contribution in [0.2, 0.25) is 0 Å². The van der Waals surface area contributed by atoms with Crippen LogP contribution in [0.5, 0.6) is 5.75 Å². The molecule has 0 spiro atoms. The van der Waals surface area contributed by atoms with Gasteiger partial charge in [-0.1, -0.05) is 48.5 Å². The van der Waals surface area contributed by atoms with E-state index in [1.54, 1.807) is 12.1 Å². The summed E-state index contributed by atoms with van der Waals surface area (Å²) in [5, 5.41) is 0. The molecule has 0 fully saturated rings. The average Bonchev–Trinajstić information content (AvgIpc) is 3.17. The molecule has 180 valence electrons. The first-order valence-corrected chi connectivity index (χ1v) is 12.9. The Morgan fingerprint density at radius 2 is 1.80 bits per heavy atom. The number of nitrogens with two attached hydrogens (primary N) is 1. The molecule has 8 nitrogen and oxygen atoms in total. The minimum Gasteiger partial charge on any atom is -0.497 e. The smallest absolute Gasteiger partial charge is 0.269 e. The van der Waals surface area contributed by atoms with Crippen molar-refractivity contribution in [3.8, 4) is 16.9 Å². The fraction of sp³-hybridized carbons (Fsp3) is 0.231. The van der Waals surface area contributed by atoms with Gasteiger partial charge in [-0.05, 0) is 58.5 Å². The predicted molar refractivity (Wildman–Crippen MR) is 136 cm³/mol. The van der Waals surface area contributed by atoms with E-state index in [9.17, 15) is 13.0 Å². The number of hydrogen-bond donors (Lipinski definition) is 2. The van der Waals surface area contributed by atoms with Crippen molar-refractivity contribution in [1.29, 1.82) is 0 Å². The Morgan fingerprint density at radius 1 is 1.03 bits per heavy atom. The second-order valence-corrected chi connectivity index (χ2v) is 10.1. The van der Waals surface area contributed by atoms with Crippen LogP contribution in [0, 0.1) is 0 Å². The van der Waals surface area contributed by atoms with Crippen LogP contribution >= 0.6 is 0 Å². The summed E-state index contributed by atoms with van der Waals surface area (Å²) in [6.45, 7) is 1.47. The van der Waals surface area contributed by atoms with Gasteiger partial charge in [-0.25, -0.2) is 4.99 Å². The molecule has 0 radical (unpaired) electrons. The highest BCUT2D eigenvalue weighted by Crippen LogP contribution is 2.42. The summed E-state index contributed by atoms with van der Waals surface area (Å²) in [6, 6.07) is 23.0. The maximum atomic E-state index is 11.5. The number of nitrogens with zero attached hydrogens (tertiary/aromatic N) is 3. The van der Waals surface area contributed by atoms with Crippen molar-refractivity contribution in [3.05, 3.63) is 89.5 Å². The van der Waals surface area contributed by atoms with E-state index < -0.39 is 21.4 Å². The maximum absolute atomic E-state index is 11.5. The van der Waals surface area contributed by atoms with E-state index >= 15 is 0 Å². The van der Waals surface area contributed by atoms with Crippen LogP contribution in [0.4, 0.5) is 0 Å². The first-order valence-electron chi connectivity index (χ1n) is 11.3. The van der Waals surface area contributed by atoms with Gasteiger partial charge in [0, 0.05) is 13.1 Å². The zero-order valence-corrected chi connectivity index (χ0v) is 20.1. The maximum Gasteiger partial charge on any atom is 0.269 e. The van der Waals surface area contributed by atoms with Crippen LogP contribution in [-0.2, 0) is 21.4 Å². The number of guanidine groups is 1. The van der Waals surface area contributed by atoms with Crippen LogP contribution in [0.1, 0.15) is 23.1 Å². The normalized spacial score (nSPS) is 19.7. The molecule has 3 aromatic rings. The molecule has 0 aliphatic carbocycles. The molecule has 0 saturated heterocycles. The highest BCUT2D eigenvalue weighted by atomic mass is 32.2. The van der Waals surface area contributed by atoms with Crippen molar-refractivity contribution in [1.82, 2.24) is 4.90 Å². The summed E-state index contributed by atoms with van der Waals surface area (Å²) in [7, 11) is -2.68. The van der Waals surface area contributed by atoms with Crippen molar-refractivity contribution in [3.63, 3.8) is 0 Å². The molecule has 2 aliphatic rings. The van der Waals surface area contributed by atoms with Crippen LogP contribution in [-0.4, -0.2) is 49.9 Å². The number of hydrogen-bond acceptors (Lipinski definition) is 7. The van der Waals surface area contributed by atoms with Crippen molar-refractivity contribution >= 4 is 21.9 Å². The van der Waals surface area contributed by atoms with Crippen molar-refractivity contribution in [2.75, 3.05) is 20.2 Å². The molecule has 5 rings (SSSR count). The average molecular weight is 491 g/mol. The van der Waals surface area contributed by atoms with E-state index in [1.807, 2.05) is 65.6 Å². The first kappa shape index (κ1) is 23.1. The SMILES string of the molecule is COc1cc(CS(=O)(=O)O)cc(-c2cccc(C3(c4ccccc4)N=C(N)N4CCCN=C43)c2)c1. The quantitative estimate of drug-likeness (QED) is 0.511. The van der Waals surface area contributed by atoms with Crippen molar-refractivity contribution in [2.24, 2.45) is 15.7 Å². The Balaban J connectivity index is 1.69. The largest absolute Gasteiger partial charge is 0.497 e. The van der Waals surface area contributed by atoms with Gasteiger partial charge in [0.1, 0.15) is 17.3 Å². The third kappa shape index (κ3) is 4.28. The third-order valence-electron chi connectivity index (χ3n) is 6.30. The molecular formula is C26H26N4O4S. The fourth-order valence-electron chi connectivity index (χ4n) is 4.82. The summed E-state index contributed by atoms with van der Waals surface area (Å²) in [5.41, 5.74) is 9.39. The number of benzene rings is 3. The molecule has 35 heavy (non-hydrogen) atoms. The topological polar surface area (TPSA) is 118 Å². The molecule has 2 aliphatic heterocycles. The van der Waals surface area contributed by atoms with E-state index in [2.05, 4.69) is 0 Å². The van der Waals surface area contributed by atoms with Gasteiger partial charge in [-0.15, -0.1) is 0 Å². The van der Waals surface area contributed by atoms with Gasteiger partial charge in [-0.2, -0.15) is 8.42 Å². The third-order valence-corrected chi connectivity index (χ3v) is 6.99. The Hall–Kier alpha value is -3.69. The molecule has 0 saturated carbocycles. The molecular weight excluding hydrogens is 464 g/mol. The second kappa shape index (κ2) is 8.83. The second-order valence-electron chi connectivity index (χ2n) is 8.63. The van der Waals surface area contributed by atoms with E-state index in [4.69, 9.17) is 20.5 Å². The van der Waals surface area contributed by atoms with Crippen LogP contribution < -0.4 is 10.5 Å². The lowest BCUT2D eigenvalue weighted by Gasteiger charge is -2.33. The fourth-order valence-corrected chi connectivity index (χ4v) is 5.40. The predicted octanol–water partition coefficient (Wildman–Crippen LogP) is 3.43. The zero-order chi connectivity index (χ0) is 24.6. The molecule has 2 heterocycles. The number of rotatable bonds is 6. The van der Waals surface area contributed by atoms with Gasteiger partial charge >= 0.3 is 0 Å². The highest BCUT2D eigenvalue weighted by Gasteiger charge is 2.49. The van der Waals surface area contributed by atoms with E-state index in [-0.39, 0.29) is 0 Å². The van der Waals surface area contributed by atoms with E-state index in [0.29, 0.717) is 23.8 Å². The van der Waals surface area contributed by atoms with E-state index in [1.165, 1.54) is 7.11 Å². The summed E-state index contributed by atoms with van der Waals surface area (Å²) in [5.74, 6) is 1.24. The van der Waals surface area contributed by atoms with E-state index in [0.717, 1.165) is 41.1 Å². The van der Waals surface area contributed by atoms with Gasteiger partial charge in [0.25, 0.3) is 10.1 Å². The molecule has 0 amide bonds. The lowest BCUT2D eigenvalue weighted by atomic mass is 9.81. The number of amidine groups is 1. The Labute approximate surface area is 204 Å². The summed E-state index contributed by atoms with van der Waals surface area (Å²) in [6.07, 6.45) is 0.908. The van der Waals surface area contributed by atoms with Gasteiger partial charge in [0.05, 0.1) is 7.11 Å². The van der Waals surface area contributed by atoms with Gasteiger partial charge in [0.2, 0.25) is 0 Å². The molecule has 1 atom stereocenters. The molecule has 1 unspecified atom stereocenters. The number of ether oxygens (including phenoxy) is 1. The lowest BCUT2D eigenvalue weighted by Crippen LogP contribution is -2.46. The number of methoxy groups -OCH3 is 1. The monoisotopic (exact) mass is 490 g/mol. The molecule has 9 heteroatoms. The van der Waals surface area contributed by atoms with Gasteiger partial charge in [-0.3, -0.25) is 14.4 Å². The zero-order valence-electron chi connectivity index (χ0n) is 19.3. The summed E-state index contributed by atoms with van der Waals surface area (Å²) >= 11 is 0. The van der Waals surface area contributed by atoms with Gasteiger partial charge in [0.15, 0.2) is 11.5 Å². The molecule has 0 bridgehead atoms. The van der Waals surface area contributed by atoms with Crippen molar-refractivity contribution < 1.29 is 17.7 Å². The van der Waals surface area contributed by atoms with Crippen LogP contribution in [0.3, 0.4) is 0 Å². The summed E-state index contributed by atoms with van der Waals surface area (Å²) in [4.78, 5) is 11.8. The first-order chi connectivity index (χ1) is 16.8. The van der Waals surface area contributed by atoms with Crippen LogP contribution in [0.15, 0.2) is 82.8 Å². The Morgan fingerprint density at radius 3 is 2.54 bits per heavy atom. The molecule has 0 aromatic heterocycles. The number of aliphatic imine (C=N–C) groups is 2. The molecule has 3 aromatic carbocycles. The van der Waals surface area contributed by atoms with Crippen LogP contribution in [0.25, 0.3) is 11.1 Å². The standard InChI is InChI=1S/C26H26N4O4S/c1-34-23-14-18(17-35(31,32)33)13-20(16-23)19-7-5-10-22(15-19)26(21-8-3-2-4-9-21)24-28-11-6-12-30(24)25(27)29-26/h2-5,7-10,13-16H,6,11-12,17H2,1H3,(H2,27,29)(H,31,32,33). The highest BCUT2D eigenvalue weighted by molar-refractivity contribution is 7.85. The minimum absolute atomic E-state index is 0.427. The Bertz CT molecular complexity index is 1440. The number of fused-ring (bicyclic) bond motifs is 1. The lowest BCUT2D eigenvalue weighted by molar-refractivity contribution is 0.414. The van der Waals surface area contributed by atoms with Crippen molar-refractivity contribution in [2.45, 2.75) is 17.7 Å². The van der Waals surface area contributed by atoms with Gasteiger partial charge < -0.3 is 10.5 Å². The molecule has 3 N–H and O–H groups in total. The Kier molecular flexibility index (Phi) is 5.82.